The van der Waals surface area contributed by atoms with Gasteiger partial charge < -0.3 is 19.6 Å². The van der Waals surface area contributed by atoms with E-state index in [2.05, 4.69) is 45.0 Å². The predicted octanol–water partition coefficient (Wildman–Crippen LogP) is 4.89. The van der Waals surface area contributed by atoms with E-state index in [1.807, 2.05) is 26.0 Å². The summed E-state index contributed by atoms with van der Waals surface area (Å²) < 4.78 is 41.8. The first-order valence-electron chi connectivity index (χ1n) is 14.1. The van der Waals surface area contributed by atoms with Crippen molar-refractivity contribution in [2.24, 2.45) is 5.14 Å². The molecular weight excluding hydrogens is 537 g/mol. The van der Waals surface area contributed by atoms with Crippen molar-refractivity contribution in [1.29, 1.82) is 0 Å². The number of likely N-dealkylation sites (tertiary alicyclic amines) is 1. The number of hydrogen-bond acceptors (Lipinski definition) is 7. The van der Waals surface area contributed by atoms with Crippen LogP contribution in [0.5, 0.6) is 0 Å². The number of piperidine rings is 1. The third-order valence-electron chi connectivity index (χ3n) is 7.05. The van der Waals surface area contributed by atoms with Gasteiger partial charge in [0.15, 0.2) is 0 Å². The summed E-state index contributed by atoms with van der Waals surface area (Å²) in [7, 11) is 1.75. The largest absolute Gasteiger partial charge is 0.406 e. The number of aromatic nitrogens is 1. The molecule has 0 saturated carbocycles. The van der Waals surface area contributed by atoms with Gasteiger partial charge in [-0.3, -0.25) is 10.5 Å². The third-order valence-corrected chi connectivity index (χ3v) is 7.79. The number of alkyl halides is 3. The zero-order chi connectivity index (χ0) is 29.0. The number of anilines is 1. The van der Waals surface area contributed by atoms with Gasteiger partial charge in [-0.25, -0.2) is 5.48 Å². The van der Waals surface area contributed by atoms with E-state index in [9.17, 15) is 13.2 Å². The molecule has 222 valence electrons. The summed E-state index contributed by atoms with van der Waals surface area (Å²) in [5.41, 5.74) is 4.44. The second-order valence-electron chi connectivity index (χ2n) is 9.71. The Bertz CT molecular complexity index is 1130. The minimum absolute atomic E-state index is 0.201. The molecule has 0 bridgehead atoms. The van der Waals surface area contributed by atoms with Crippen molar-refractivity contribution in [3.8, 4) is 11.8 Å². The number of hydroxylamine groups is 1. The highest BCUT2D eigenvalue weighted by atomic mass is 32.2. The lowest BCUT2D eigenvalue weighted by molar-refractivity contribution is -0.140. The molecule has 7 nitrogen and oxygen atoms in total. The van der Waals surface area contributed by atoms with Gasteiger partial charge in [-0.15, -0.1) is 0 Å². The summed E-state index contributed by atoms with van der Waals surface area (Å²) in [6, 6.07) is 7.72. The number of nitrogens with one attached hydrogen (secondary N) is 3. The molecule has 1 aliphatic carbocycles. The molecule has 11 heteroatoms. The monoisotopic (exact) mass is 580 g/mol. The maximum absolute atomic E-state index is 13.5. The summed E-state index contributed by atoms with van der Waals surface area (Å²) in [4.78, 5) is 7.57. The number of nitrogens with zero attached hydrogens (tertiary/aromatic N) is 2. The molecule has 1 aromatic carbocycles. The van der Waals surface area contributed by atoms with Crippen molar-refractivity contribution in [2.45, 2.75) is 69.6 Å². The van der Waals surface area contributed by atoms with Crippen molar-refractivity contribution >= 4 is 28.5 Å². The van der Waals surface area contributed by atoms with Gasteiger partial charge in [0.2, 0.25) is 0 Å². The standard InChI is InChI=1S/C27H37F3N6OS.C2H6/c1-32-37-17-16-35-14-11-21(12-15-35)34-25-5-2-6-26-24(25)18-22(36(26)19-27(28,29)30)4-3-13-33-20-7-9-23(38-31)10-8-20;1-2/h2,5-7,9,18,20-21,23,32-34H,8,10-17,19,31H2,1H3;1-2H3. The Labute approximate surface area is 240 Å². The van der Waals surface area contributed by atoms with Crippen LogP contribution in [-0.2, 0) is 11.4 Å². The zero-order valence-electron chi connectivity index (χ0n) is 23.7. The Kier molecular flexibility index (Phi) is 13.2. The van der Waals surface area contributed by atoms with Gasteiger partial charge in [-0.2, -0.15) is 13.2 Å². The van der Waals surface area contributed by atoms with Gasteiger partial charge in [0, 0.05) is 55.1 Å². The minimum Gasteiger partial charge on any atom is -0.382 e. The topological polar surface area (TPSA) is 79.5 Å². The lowest BCUT2D eigenvalue weighted by atomic mass is 10.0. The van der Waals surface area contributed by atoms with Gasteiger partial charge in [0.05, 0.1) is 24.4 Å². The number of fused-ring (bicyclic) bond motifs is 1. The SMILES string of the molecule is CC.CNOCCN1CCC(Nc2cccc3c2cc(C#CCNC2C=CC(SN)CC2)n3CC(F)(F)F)CC1. The Morgan fingerprint density at radius 2 is 1.90 bits per heavy atom. The molecule has 1 aromatic heterocycles. The van der Waals surface area contributed by atoms with Gasteiger partial charge in [-0.05, 0) is 49.8 Å². The van der Waals surface area contributed by atoms with E-state index in [4.69, 9.17) is 9.98 Å². The molecule has 1 fully saturated rings. The van der Waals surface area contributed by atoms with E-state index in [-0.39, 0.29) is 12.1 Å². The van der Waals surface area contributed by atoms with E-state index < -0.39 is 12.7 Å². The lowest BCUT2D eigenvalue weighted by Gasteiger charge is -2.32. The average molecular weight is 581 g/mol. The summed E-state index contributed by atoms with van der Waals surface area (Å²) in [6.07, 6.45) is 3.70. The molecule has 40 heavy (non-hydrogen) atoms. The first-order valence-corrected chi connectivity index (χ1v) is 15.0. The number of rotatable bonds is 10. The van der Waals surface area contributed by atoms with Gasteiger partial charge in [-0.1, -0.05) is 49.9 Å². The fourth-order valence-electron chi connectivity index (χ4n) is 5.06. The Morgan fingerprint density at radius 3 is 2.55 bits per heavy atom. The van der Waals surface area contributed by atoms with E-state index in [0.717, 1.165) is 56.4 Å². The molecule has 0 radical (unpaired) electrons. The molecule has 2 atom stereocenters. The lowest BCUT2D eigenvalue weighted by Crippen LogP contribution is -2.40. The molecule has 2 aromatic rings. The van der Waals surface area contributed by atoms with Gasteiger partial charge in [0.25, 0.3) is 0 Å². The second-order valence-corrected chi connectivity index (χ2v) is 10.6. The van der Waals surface area contributed by atoms with E-state index in [1.165, 1.54) is 16.5 Å². The van der Waals surface area contributed by atoms with E-state index in [0.29, 0.717) is 29.6 Å². The molecular formula is C29H43F3N6OS. The fraction of sp³-hybridized carbons (Fsp3) is 0.586. The fourth-order valence-corrected chi connectivity index (χ4v) is 5.51. The highest BCUT2D eigenvalue weighted by Crippen LogP contribution is 2.31. The second kappa shape index (κ2) is 16.3. The van der Waals surface area contributed by atoms with Crippen LogP contribution in [0, 0.1) is 11.8 Å². The Hall–Kier alpha value is -2.20. The molecule has 2 unspecified atom stereocenters. The molecule has 1 saturated heterocycles. The first kappa shape index (κ1) is 32.3. The number of benzene rings is 1. The number of halogens is 3. The van der Waals surface area contributed by atoms with Crippen LogP contribution in [0.4, 0.5) is 18.9 Å². The Balaban J connectivity index is 0.00000216. The van der Waals surface area contributed by atoms with Crippen molar-refractivity contribution in [2.75, 3.05) is 45.2 Å². The summed E-state index contributed by atoms with van der Waals surface area (Å²) in [5, 5.41) is 13.7. The molecule has 0 spiro atoms. The van der Waals surface area contributed by atoms with Crippen molar-refractivity contribution in [3.63, 3.8) is 0 Å². The Morgan fingerprint density at radius 1 is 1.12 bits per heavy atom. The number of hydrogen-bond donors (Lipinski definition) is 4. The highest BCUT2D eigenvalue weighted by molar-refractivity contribution is 7.97. The van der Waals surface area contributed by atoms with Crippen molar-refractivity contribution < 1.29 is 18.0 Å². The quantitative estimate of drug-likeness (QED) is 0.105. The van der Waals surface area contributed by atoms with Crippen LogP contribution in [0.15, 0.2) is 36.4 Å². The van der Waals surface area contributed by atoms with Crippen LogP contribution in [0.25, 0.3) is 10.9 Å². The molecule has 2 aliphatic rings. The zero-order valence-corrected chi connectivity index (χ0v) is 24.5. The minimum atomic E-state index is -4.35. The average Bonchev–Trinajstić information content (AvgIpc) is 3.30. The molecule has 5 N–H and O–H groups in total. The molecule has 1 aliphatic heterocycles. The van der Waals surface area contributed by atoms with Crippen LogP contribution in [-0.4, -0.2) is 72.8 Å². The number of nitrogens with two attached hydrogens (primary N) is 1. The van der Waals surface area contributed by atoms with Gasteiger partial charge >= 0.3 is 6.18 Å². The van der Waals surface area contributed by atoms with Crippen LogP contribution >= 0.6 is 11.9 Å². The normalized spacial score (nSPS) is 20.1. The highest BCUT2D eigenvalue weighted by Gasteiger charge is 2.30. The van der Waals surface area contributed by atoms with Crippen molar-refractivity contribution in [1.82, 2.24) is 20.3 Å². The van der Waals surface area contributed by atoms with Crippen LogP contribution in [0.3, 0.4) is 0 Å². The molecule has 2 heterocycles. The van der Waals surface area contributed by atoms with Crippen LogP contribution in [0.1, 0.15) is 45.2 Å². The molecule has 4 rings (SSSR count). The summed E-state index contributed by atoms with van der Waals surface area (Å²) in [6.45, 7) is 6.71. The van der Waals surface area contributed by atoms with Crippen LogP contribution in [0.2, 0.25) is 0 Å². The summed E-state index contributed by atoms with van der Waals surface area (Å²) in [5.74, 6) is 6.03. The van der Waals surface area contributed by atoms with E-state index >= 15 is 0 Å². The summed E-state index contributed by atoms with van der Waals surface area (Å²) >= 11 is 1.35. The van der Waals surface area contributed by atoms with Crippen molar-refractivity contribution in [3.05, 3.63) is 42.1 Å². The third kappa shape index (κ3) is 9.72. The smallest absolute Gasteiger partial charge is 0.382 e. The maximum Gasteiger partial charge on any atom is 0.406 e. The molecule has 0 amide bonds. The van der Waals surface area contributed by atoms with E-state index in [1.54, 1.807) is 19.2 Å². The maximum atomic E-state index is 13.5. The van der Waals surface area contributed by atoms with Crippen LogP contribution < -0.4 is 21.3 Å². The van der Waals surface area contributed by atoms with Gasteiger partial charge in [0.1, 0.15) is 6.54 Å². The first-order chi connectivity index (χ1) is 19.4. The predicted molar refractivity (Wildman–Crippen MR) is 160 cm³/mol.